The summed E-state index contributed by atoms with van der Waals surface area (Å²) in [6.45, 7) is 12.1. The van der Waals surface area contributed by atoms with Crippen LogP contribution < -0.4 is 5.32 Å². The zero-order valence-corrected chi connectivity index (χ0v) is 23.9. The highest BCUT2D eigenvalue weighted by Crippen LogP contribution is 2.36. The van der Waals surface area contributed by atoms with Crippen LogP contribution >= 0.6 is 11.3 Å². The minimum Gasteiger partial charge on any atom is -0.459 e. The van der Waals surface area contributed by atoms with Crippen LogP contribution in [-0.4, -0.2) is 46.9 Å². The van der Waals surface area contributed by atoms with E-state index in [1.807, 2.05) is 69.3 Å². The number of aryl methyl sites for hydroxylation is 1. The van der Waals surface area contributed by atoms with Gasteiger partial charge in [0.15, 0.2) is 0 Å². The molecule has 7 nitrogen and oxygen atoms in total. The van der Waals surface area contributed by atoms with Crippen LogP contribution in [0.25, 0.3) is 22.2 Å². The molecule has 0 aliphatic rings. The Bertz CT molecular complexity index is 1540. The van der Waals surface area contributed by atoms with Gasteiger partial charge in [-0.1, -0.05) is 48.0 Å². The first-order chi connectivity index (χ1) is 18.6. The number of anilines is 1. The van der Waals surface area contributed by atoms with Gasteiger partial charge in [0.2, 0.25) is 0 Å². The average Bonchev–Trinajstić information content (AvgIpc) is 3.24. The number of aromatic nitrogens is 1. The molecular formula is C31H33N3O4S. The summed E-state index contributed by atoms with van der Waals surface area (Å²) >= 11 is 1.10. The highest BCUT2D eigenvalue weighted by molar-refractivity contribution is 7.18. The topological polar surface area (TPSA) is 88.6 Å². The predicted molar refractivity (Wildman–Crippen MR) is 157 cm³/mol. The van der Waals surface area contributed by atoms with Crippen LogP contribution in [0.3, 0.4) is 0 Å². The normalized spacial score (nSPS) is 11.1. The molecule has 2 amide bonds. The van der Waals surface area contributed by atoms with Gasteiger partial charge in [0, 0.05) is 24.0 Å². The van der Waals surface area contributed by atoms with E-state index in [1.54, 1.807) is 31.7 Å². The second kappa shape index (κ2) is 11.8. The molecule has 0 unspecified atom stereocenters. The van der Waals surface area contributed by atoms with E-state index in [-0.39, 0.29) is 22.6 Å². The summed E-state index contributed by atoms with van der Waals surface area (Å²) in [6, 6.07) is 17.2. The smallest absolute Gasteiger partial charge is 0.341 e. The van der Waals surface area contributed by atoms with Gasteiger partial charge in [0.05, 0.1) is 33.3 Å². The predicted octanol–water partition coefficient (Wildman–Crippen LogP) is 6.88. The first-order valence-corrected chi connectivity index (χ1v) is 13.9. The van der Waals surface area contributed by atoms with E-state index >= 15 is 0 Å². The van der Waals surface area contributed by atoms with Crippen LogP contribution in [0.4, 0.5) is 5.00 Å². The number of nitrogens with zero attached hydrogens (tertiary/aromatic N) is 2. The number of amides is 2. The Morgan fingerprint density at radius 3 is 2.31 bits per heavy atom. The van der Waals surface area contributed by atoms with Crippen molar-refractivity contribution in [3.63, 3.8) is 0 Å². The lowest BCUT2D eigenvalue weighted by Gasteiger charge is -2.18. The summed E-state index contributed by atoms with van der Waals surface area (Å²) in [7, 11) is 0. The van der Waals surface area contributed by atoms with Crippen LogP contribution in [0.1, 0.15) is 69.2 Å². The Balaban J connectivity index is 1.81. The summed E-state index contributed by atoms with van der Waals surface area (Å²) in [5.74, 6) is -1.16. The Morgan fingerprint density at radius 2 is 1.67 bits per heavy atom. The molecule has 8 heteroatoms. The number of carbonyl (C=O) groups is 3. The lowest BCUT2D eigenvalue weighted by Crippen LogP contribution is -2.30. The number of carbonyl (C=O) groups excluding carboxylic acids is 3. The molecule has 4 rings (SSSR count). The van der Waals surface area contributed by atoms with Crippen molar-refractivity contribution in [1.29, 1.82) is 0 Å². The molecule has 2 aromatic heterocycles. The molecule has 0 aliphatic heterocycles. The van der Waals surface area contributed by atoms with Crippen LogP contribution in [0.15, 0.2) is 54.6 Å². The molecule has 4 aromatic rings. The van der Waals surface area contributed by atoms with Gasteiger partial charge >= 0.3 is 5.97 Å². The fourth-order valence-corrected chi connectivity index (χ4v) is 5.54. The molecule has 0 atom stereocenters. The molecule has 0 fully saturated rings. The maximum atomic E-state index is 13.8. The Labute approximate surface area is 232 Å². The second-order valence-electron chi connectivity index (χ2n) is 9.58. The summed E-state index contributed by atoms with van der Waals surface area (Å²) in [4.78, 5) is 47.1. The SMILES string of the molecule is CCN(CC)C(=O)c1sc(NC(=O)c2cc(-c3ccc(C)cc3)nc3ccccc23)c(C(=O)OC(C)C)c1C. The second-order valence-corrected chi connectivity index (χ2v) is 10.6. The van der Waals surface area contributed by atoms with E-state index in [0.717, 1.165) is 22.5 Å². The van der Waals surface area contributed by atoms with E-state index in [4.69, 9.17) is 9.72 Å². The van der Waals surface area contributed by atoms with Gasteiger partial charge in [-0.2, -0.15) is 0 Å². The zero-order valence-electron chi connectivity index (χ0n) is 23.1. The van der Waals surface area contributed by atoms with Crippen molar-refractivity contribution >= 4 is 45.0 Å². The molecule has 2 heterocycles. The van der Waals surface area contributed by atoms with E-state index < -0.39 is 11.9 Å². The molecule has 1 N–H and O–H groups in total. The average molecular weight is 544 g/mol. The number of ether oxygens (including phenoxy) is 1. The number of fused-ring (bicyclic) bond motifs is 1. The molecule has 0 saturated heterocycles. The van der Waals surface area contributed by atoms with Crippen LogP contribution in [-0.2, 0) is 4.74 Å². The summed E-state index contributed by atoms with van der Waals surface area (Å²) in [6.07, 6.45) is -0.358. The third kappa shape index (κ3) is 5.86. The molecule has 0 aliphatic carbocycles. The Hall–Kier alpha value is -4.04. The molecule has 0 saturated carbocycles. The minimum absolute atomic E-state index is 0.183. The fourth-order valence-electron chi connectivity index (χ4n) is 4.38. The number of hydrogen-bond acceptors (Lipinski definition) is 6. The van der Waals surface area contributed by atoms with Gasteiger partial charge < -0.3 is 15.0 Å². The van der Waals surface area contributed by atoms with E-state index in [1.165, 1.54) is 0 Å². The zero-order chi connectivity index (χ0) is 28.3. The number of pyridine rings is 1. The largest absolute Gasteiger partial charge is 0.459 e. The van der Waals surface area contributed by atoms with Crippen molar-refractivity contribution < 1.29 is 19.1 Å². The monoisotopic (exact) mass is 543 g/mol. The molecule has 0 radical (unpaired) electrons. The quantitative estimate of drug-likeness (QED) is 0.245. The molecule has 0 spiro atoms. The van der Waals surface area contributed by atoms with Gasteiger partial charge in [-0.25, -0.2) is 9.78 Å². The number of thiophene rings is 1. The molecule has 202 valence electrons. The third-order valence-corrected chi connectivity index (χ3v) is 7.67. The maximum absolute atomic E-state index is 13.8. The van der Waals surface area contributed by atoms with Gasteiger partial charge in [0.1, 0.15) is 5.00 Å². The highest BCUT2D eigenvalue weighted by Gasteiger charge is 2.29. The van der Waals surface area contributed by atoms with Crippen LogP contribution in [0.2, 0.25) is 0 Å². The first-order valence-electron chi connectivity index (χ1n) is 13.1. The molecule has 0 bridgehead atoms. The fraction of sp³-hybridized carbons (Fsp3) is 0.290. The van der Waals surface area contributed by atoms with E-state index in [9.17, 15) is 14.4 Å². The van der Waals surface area contributed by atoms with Crippen molar-refractivity contribution in [3.05, 3.63) is 81.7 Å². The lowest BCUT2D eigenvalue weighted by atomic mass is 10.0. The first kappa shape index (κ1) is 28.0. The summed E-state index contributed by atoms with van der Waals surface area (Å²) in [5, 5.41) is 3.91. The maximum Gasteiger partial charge on any atom is 0.341 e. The molecular weight excluding hydrogens is 510 g/mol. The molecule has 39 heavy (non-hydrogen) atoms. The standard InChI is InChI=1S/C31H33N3O4S/c1-7-34(8-2)30(36)27-20(6)26(31(37)38-18(3)4)29(39-27)33-28(35)23-17-25(21-15-13-19(5)14-16-21)32-24-12-10-9-11-22(23)24/h9-18H,7-8H2,1-6H3,(H,33,35). The Kier molecular flexibility index (Phi) is 8.45. The third-order valence-electron chi connectivity index (χ3n) is 6.47. The van der Waals surface area contributed by atoms with Crippen molar-refractivity contribution in [3.8, 4) is 11.3 Å². The van der Waals surface area contributed by atoms with Crippen molar-refractivity contribution in [2.75, 3.05) is 18.4 Å². The van der Waals surface area contributed by atoms with Gasteiger partial charge in [-0.05, 0) is 59.2 Å². The Morgan fingerprint density at radius 1 is 1.00 bits per heavy atom. The van der Waals surface area contributed by atoms with Crippen molar-refractivity contribution in [2.24, 2.45) is 0 Å². The number of nitrogens with one attached hydrogen (secondary N) is 1. The van der Waals surface area contributed by atoms with E-state index in [2.05, 4.69) is 5.32 Å². The van der Waals surface area contributed by atoms with E-state index in [0.29, 0.717) is 45.7 Å². The number of hydrogen-bond donors (Lipinski definition) is 1. The van der Waals surface area contributed by atoms with Crippen LogP contribution in [0, 0.1) is 13.8 Å². The summed E-state index contributed by atoms with van der Waals surface area (Å²) < 4.78 is 5.49. The van der Waals surface area contributed by atoms with Crippen molar-refractivity contribution in [2.45, 2.75) is 47.6 Å². The number of rotatable bonds is 8. The van der Waals surface area contributed by atoms with Gasteiger partial charge in [0.25, 0.3) is 11.8 Å². The lowest BCUT2D eigenvalue weighted by molar-refractivity contribution is 0.0379. The highest BCUT2D eigenvalue weighted by atomic mass is 32.1. The number of benzene rings is 2. The van der Waals surface area contributed by atoms with Gasteiger partial charge in [-0.15, -0.1) is 11.3 Å². The van der Waals surface area contributed by atoms with Gasteiger partial charge in [-0.3, -0.25) is 9.59 Å². The number of para-hydroxylation sites is 1. The molecule has 2 aromatic carbocycles. The minimum atomic E-state index is -0.576. The number of esters is 1. The van der Waals surface area contributed by atoms with Crippen LogP contribution in [0.5, 0.6) is 0 Å². The van der Waals surface area contributed by atoms with Crippen molar-refractivity contribution in [1.82, 2.24) is 9.88 Å². The summed E-state index contributed by atoms with van der Waals surface area (Å²) in [5.41, 5.74) is 4.48.